The molecule has 1 N–H and O–H groups in total. The van der Waals surface area contributed by atoms with Crippen LogP contribution in [0.1, 0.15) is 25.5 Å². The smallest absolute Gasteiger partial charge is 0.384 e. The van der Waals surface area contributed by atoms with Crippen molar-refractivity contribution in [3.63, 3.8) is 0 Å². The molecule has 0 unspecified atom stereocenters. The van der Waals surface area contributed by atoms with Crippen LogP contribution < -0.4 is 10.1 Å². The van der Waals surface area contributed by atoms with E-state index in [9.17, 15) is 4.79 Å². The lowest BCUT2D eigenvalue weighted by atomic mass is 10.1. The maximum atomic E-state index is 11.2. The normalized spacial score (nSPS) is 15.1. The third-order valence-corrected chi connectivity index (χ3v) is 2.79. The summed E-state index contributed by atoms with van der Waals surface area (Å²) in [5.74, 6) is 4.81. The highest BCUT2D eigenvalue weighted by atomic mass is 16.5. The fourth-order valence-electron chi connectivity index (χ4n) is 1.85. The van der Waals surface area contributed by atoms with Crippen LogP contribution in [-0.4, -0.2) is 41.7 Å². The first kappa shape index (κ1) is 14.3. The van der Waals surface area contributed by atoms with E-state index >= 15 is 0 Å². The molecule has 6 heteroatoms. The van der Waals surface area contributed by atoms with Gasteiger partial charge in [-0.2, -0.15) is 0 Å². The predicted molar refractivity (Wildman–Crippen MR) is 72.1 cm³/mol. The lowest BCUT2D eigenvalue weighted by molar-refractivity contribution is -0.136. The summed E-state index contributed by atoms with van der Waals surface area (Å²) in [6.45, 7) is 3.88. The Morgan fingerprint density at radius 2 is 2.15 bits per heavy atom. The highest BCUT2D eigenvalue weighted by Gasteiger charge is 2.16. The third-order valence-electron chi connectivity index (χ3n) is 2.79. The first-order valence-electron chi connectivity index (χ1n) is 6.66. The fourth-order valence-corrected chi connectivity index (χ4v) is 1.85. The molecular weight excluding hydrogens is 258 g/mol. The van der Waals surface area contributed by atoms with Gasteiger partial charge in [-0.15, -0.1) is 0 Å². The van der Waals surface area contributed by atoms with E-state index < -0.39 is 5.97 Å². The summed E-state index contributed by atoms with van der Waals surface area (Å²) < 4.78 is 10.6. The molecule has 0 spiro atoms. The summed E-state index contributed by atoms with van der Waals surface area (Å²) in [7, 11) is 0. The van der Waals surface area contributed by atoms with Crippen molar-refractivity contribution in [1.82, 2.24) is 15.3 Å². The van der Waals surface area contributed by atoms with Crippen LogP contribution in [0.5, 0.6) is 5.88 Å². The highest BCUT2D eigenvalue weighted by Crippen LogP contribution is 2.16. The van der Waals surface area contributed by atoms with Gasteiger partial charge in [-0.05, 0) is 38.8 Å². The lowest BCUT2D eigenvalue weighted by Crippen LogP contribution is -2.34. The molecule has 2 heterocycles. The molecule has 20 heavy (non-hydrogen) atoms. The number of nitrogens with one attached hydrogen (secondary N) is 1. The number of rotatable bonds is 3. The molecule has 1 aromatic rings. The van der Waals surface area contributed by atoms with E-state index in [4.69, 9.17) is 9.47 Å². The van der Waals surface area contributed by atoms with Crippen LogP contribution in [0.3, 0.4) is 0 Å². The number of nitrogens with zero attached hydrogens (tertiary/aromatic N) is 2. The van der Waals surface area contributed by atoms with E-state index in [0.717, 1.165) is 25.9 Å². The predicted octanol–water partition coefficient (Wildman–Crippen LogP) is 0.522. The van der Waals surface area contributed by atoms with Crippen LogP contribution in [0.15, 0.2) is 12.4 Å². The highest BCUT2D eigenvalue weighted by molar-refractivity contribution is 5.89. The van der Waals surface area contributed by atoms with E-state index in [-0.39, 0.29) is 6.10 Å². The molecule has 6 nitrogen and oxygen atoms in total. The minimum absolute atomic E-state index is 0.107. The Morgan fingerprint density at radius 1 is 1.40 bits per heavy atom. The monoisotopic (exact) mass is 275 g/mol. The Labute approximate surface area is 117 Å². The molecule has 2 rings (SSSR count). The Balaban J connectivity index is 2.07. The zero-order valence-corrected chi connectivity index (χ0v) is 11.4. The van der Waals surface area contributed by atoms with Crippen molar-refractivity contribution in [2.45, 2.75) is 25.9 Å². The molecule has 106 valence electrons. The molecule has 0 saturated carbocycles. The van der Waals surface area contributed by atoms with Crippen molar-refractivity contribution in [2.75, 3.05) is 19.7 Å². The van der Waals surface area contributed by atoms with Gasteiger partial charge in [0.15, 0.2) is 5.69 Å². The molecule has 1 aromatic heterocycles. The Hall–Kier alpha value is -2.13. The second-order valence-electron chi connectivity index (χ2n) is 4.25. The van der Waals surface area contributed by atoms with Crippen molar-refractivity contribution in [1.29, 1.82) is 0 Å². The van der Waals surface area contributed by atoms with Gasteiger partial charge in [0.2, 0.25) is 5.88 Å². The van der Waals surface area contributed by atoms with Gasteiger partial charge in [0.25, 0.3) is 0 Å². The van der Waals surface area contributed by atoms with Crippen molar-refractivity contribution >= 4 is 5.97 Å². The maximum absolute atomic E-state index is 11.2. The van der Waals surface area contributed by atoms with Crippen molar-refractivity contribution in [3.8, 4) is 17.7 Å². The van der Waals surface area contributed by atoms with E-state index in [1.165, 1.54) is 6.20 Å². The average Bonchev–Trinajstić information content (AvgIpc) is 2.48. The van der Waals surface area contributed by atoms with Crippen molar-refractivity contribution in [2.24, 2.45) is 0 Å². The third kappa shape index (κ3) is 4.21. The van der Waals surface area contributed by atoms with Crippen LogP contribution in [0.2, 0.25) is 0 Å². The van der Waals surface area contributed by atoms with E-state index in [1.54, 1.807) is 13.1 Å². The summed E-state index contributed by atoms with van der Waals surface area (Å²) in [6.07, 6.45) is 5.01. The number of carbonyl (C=O) groups is 1. The lowest BCUT2D eigenvalue weighted by Gasteiger charge is -2.23. The van der Waals surface area contributed by atoms with Crippen molar-refractivity contribution < 1.29 is 14.3 Å². The molecule has 0 atom stereocenters. The topological polar surface area (TPSA) is 73.3 Å². The van der Waals surface area contributed by atoms with Gasteiger partial charge in [-0.3, -0.25) is 0 Å². The van der Waals surface area contributed by atoms with Gasteiger partial charge in [0.1, 0.15) is 6.10 Å². The minimum Gasteiger partial charge on any atom is -0.472 e. The van der Waals surface area contributed by atoms with Gasteiger partial charge in [-0.1, -0.05) is 0 Å². The summed E-state index contributed by atoms with van der Waals surface area (Å²) in [4.78, 5) is 19.5. The Morgan fingerprint density at radius 3 is 2.90 bits per heavy atom. The second kappa shape index (κ2) is 7.46. The standard InChI is InChI=1S/C14H17N3O3/c1-2-19-13(18)4-3-12-14(17-10-9-16-12)20-11-5-7-15-8-6-11/h9-11,15H,2,5-8H2,1H3. The molecule has 1 fully saturated rings. The number of piperidine rings is 1. The zero-order valence-electron chi connectivity index (χ0n) is 11.4. The quantitative estimate of drug-likeness (QED) is 0.640. The SMILES string of the molecule is CCOC(=O)C#Cc1nccnc1OC1CCNCC1. The minimum atomic E-state index is -0.578. The fraction of sp³-hybridized carbons (Fsp3) is 0.500. The van der Waals surface area contributed by atoms with Gasteiger partial charge in [-0.25, -0.2) is 14.8 Å². The first-order chi connectivity index (χ1) is 9.79. The van der Waals surface area contributed by atoms with Gasteiger partial charge in [0.05, 0.1) is 6.61 Å². The number of esters is 1. The van der Waals surface area contributed by atoms with Crippen LogP contribution in [0.25, 0.3) is 0 Å². The number of hydrogen-bond acceptors (Lipinski definition) is 6. The number of hydrogen-bond donors (Lipinski definition) is 1. The molecule has 0 aliphatic carbocycles. The van der Waals surface area contributed by atoms with Crippen molar-refractivity contribution in [3.05, 3.63) is 18.1 Å². The number of ether oxygens (including phenoxy) is 2. The van der Waals surface area contributed by atoms with Gasteiger partial charge in [0, 0.05) is 18.3 Å². The molecule has 0 radical (unpaired) electrons. The van der Waals surface area contributed by atoms with E-state index in [2.05, 4.69) is 27.1 Å². The van der Waals surface area contributed by atoms with Crippen LogP contribution in [0, 0.1) is 11.8 Å². The van der Waals surface area contributed by atoms with Crippen LogP contribution in [0.4, 0.5) is 0 Å². The number of carbonyl (C=O) groups excluding carboxylic acids is 1. The molecule has 0 amide bonds. The van der Waals surface area contributed by atoms with E-state index in [0.29, 0.717) is 18.2 Å². The van der Waals surface area contributed by atoms with Crippen LogP contribution >= 0.6 is 0 Å². The molecular formula is C14H17N3O3. The van der Waals surface area contributed by atoms with Gasteiger partial charge >= 0.3 is 5.97 Å². The summed E-state index contributed by atoms with van der Waals surface area (Å²) in [6, 6.07) is 0. The first-order valence-corrected chi connectivity index (χ1v) is 6.66. The summed E-state index contributed by atoms with van der Waals surface area (Å²) in [5.41, 5.74) is 0.360. The number of aromatic nitrogens is 2. The Kier molecular flexibility index (Phi) is 5.33. The molecule has 0 aromatic carbocycles. The molecule has 1 aliphatic heterocycles. The average molecular weight is 275 g/mol. The molecule has 1 saturated heterocycles. The largest absolute Gasteiger partial charge is 0.472 e. The second-order valence-corrected chi connectivity index (χ2v) is 4.25. The van der Waals surface area contributed by atoms with Gasteiger partial charge < -0.3 is 14.8 Å². The summed E-state index contributed by atoms with van der Waals surface area (Å²) in [5, 5.41) is 3.26. The maximum Gasteiger partial charge on any atom is 0.384 e. The van der Waals surface area contributed by atoms with Crippen LogP contribution in [-0.2, 0) is 9.53 Å². The molecule has 1 aliphatic rings. The zero-order chi connectivity index (χ0) is 14.2. The Bertz CT molecular complexity index is 516. The summed E-state index contributed by atoms with van der Waals surface area (Å²) >= 11 is 0. The van der Waals surface area contributed by atoms with E-state index in [1.807, 2.05) is 0 Å². The molecule has 0 bridgehead atoms.